The summed E-state index contributed by atoms with van der Waals surface area (Å²) in [6.45, 7) is 3.43. The number of hydrogen-bond donors (Lipinski definition) is 3. The summed E-state index contributed by atoms with van der Waals surface area (Å²) in [5.41, 5.74) is -0.378. The Bertz CT molecular complexity index is 1300. The molecule has 7 nitrogen and oxygen atoms in total. The molecule has 2 fully saturated rings. The van der Waals surface area contributed by atoms with Gasteiger partial charge in [0.05, 0.1) is 23.1 Å². The number of carbonyl (C=O) groups excluding carboxylic acids is 1. The first-order valence-corrected chi connectivity index (χ1v) is 15.4. The zero-order valence-corrected chi connectivity index (χ0v) is 23.9. The summed E-state index contributed by atoms with van der Waals surface area (Å²) in [4.78, 5) is 25.4. The molecule has 0 aromatic heterocycles. The predicted molar refractivity (Wildman–Crippen MR) is 149 cm³/mol. The van der Waals surface area contributed by atoms with Gasteiger partial charge in [0.1, 0.15) is 0 Å². The number of nitrogens with one attached hydrogen (secondary N) is 2. The molecule has 3 N–H and O–H groups in total. The molecule has 206 valence electrons. The first-order chi connectivity index (χ1) is 17.9. The van der Waals surface area contributed by atoms with E-state index in [9.17, 15) is 23.1 Å². The molecule has 2 aliphatic rings. The van der Waals surface area contributed by atoms with Crippen LogP contribution in [0, 0.1) is 11.3 Å². The topological polar surface area (TPSA) is 113 Å². The number of carboxylic acid groups (broad SMARTS) is 1. The molecule has 0 bridgehead atoms. The smallest absolute Gasteiger partial charge is 0.304 e. The Labute approximate surface area is 234 Å². The lowest BCUT2D eigenvalue weighted by molar-refractivity contribution is -0.148. The van der Waals surface area contributed by atoms with Crippen LogP contribution in [0.1, 0.15) is 69.4 Å². The molecule has 1 saturated carbocycles. The third-order valence-corrected chi connectivity index (χ3v) is 10.2. The van der Waals surface area contributed by atoms with Crippen molar-refractivity contribution in [3.8, 4) is 0 Å². The SMILES string of the molecule is CC[C@@]1(CC(=O)O)C[C@H](c2cccc(Cl)c2)[C@H](C[C@@](NS(=O)(=O)CC)(c2ccc(Cl)cc2)C2CC2)NC1=O. The van der Waals surface area contributed by atoms with Crippen LogP contribution in [0.3, 0.4) is 0 Å². The minimum atomic E-state index is -3.63. The average Bonchev–Trinajstić information content (AvgIpc) is 3.71. The highest BCUT2D eigenvalue weighted by Gasteiger charge is 2.54. The van der Waals surface area contributed by atoms with Crippen LogP contribution in [0.15, 0.2) is 48.5 Å². The molecular weight excluding hydrogens is 547 g/mol. The summed E-state index contributed by atoms with van der Waals surface area (Å²) in [6.07, 6.45) is 2.38. The number of sulfonamides is 1. The van der Waals surface area contributed by atoms with Gasteiger partial charge in [-0.25, -0.2) is 13.1 Å². The van der Waals surface area contributed by atoms with E-state index in [1.54, 1.807) is 25.1 Å². The number of hydrogen-bond acceptors (Lipinski definition) is 4. The Hall–Kier alpha value is -2.13. The molecule has 2 aromatic carbocycles. The van der Waals surface area contributed by atoms with Crippen molar-refractivity contribution in [1.29, 1.82) is 0 Å². The molecule has 1 aliphatic heterocycles. The van der Waals surface area contributed by atoms with Gasteiger partial charge in [0.2, 0.25) is 15.9 Å². The third-order valence-electron chi connectivity index (χ3n) is 8.23. The van der Waals surface area contributed by atoms with Gasteiger partial charge in [-0.1, -0.05) is 54.4 Å². The number of aliphatic carboxylic acids is 1. The van der Waals surface area contributed by atoms with Gasteiger partial charge in [-0.15, -0.1) is 0 Å². The van der Waals surface area contributed by atoms with Crippen LogP contribution in [0.4, 0.5) is 0 Å². The zero-order valence-electron chi connectivity index (χ0n) is 21.5. The minimum Gasteiger partial charge on any atom is -0.481 e. The summed E-state index contributed by atoms with van der Waals surface area (Å²) in [5, 5.41) is 13.9. The van der Waals surface area contributed by atoms with Gasteiger partial charge in [-0.05, 0) is 80.3 Å². The van der Waals surface area contributed by atoms with Crippen LogP contribution in [0.2, 0.25) is 10.0 Å². The van der Waals surface area contributed by atoms with Crippen molar-refractivity contribution in [3.05, 3.63) is 69.7 Å². The summed E-state index contributed by atoms with van der Waals surface area (Å²) in [7, 11) is -3.63. The molecule has 0 spiro atoms. The molecule has 10 heteroatoms. The number of benzene rings is 2. The van der Waals surface area contributed by atoms with Gasteiger partial charge in [-0.2, -0.15) is 0 Å². The lowest BCUT2D eigenvalue weighted by Gasteiger charge is -2.47. The van der Waals surface area contributed by atoms with Gasteiger partial charge in [0.25, 0.3) is 0 Å². The molecular formula is C28H34Cl2N2O5S. The summed E-state index contributed by atoms with van der Waals surface area (Å²) in [5.74, 6) is -1.66. The summed E-state index contributed by atoms with van der Waals surface area (Å²) >= 11 is 12.5. The Morgan fingerprint density at radius 2 is 1.82 bits per heavy atom. The molecule has 4 atom stereocenters. The lowest BCUT2D eigenvalue weighted by Crippen LogP contribution is -2.59. The molecule has 38 heavy (non-hydrogen) atoms. The van der Waals surface area contributed by atoms with Crippen LogP contribution in [-0.2, 0) is 25.2 Å². The summed E-state index contributed by atoms with van der Waals surface area (Å²) in [6, 6.07) is 14.1. The van der Waals surface area contributed by atoms with Gasteiger partial charge < -0.3 is 10.4 Å². The van der Waals surface area contributed by atoms with E-state index in [1.165, 1.54) is 0 Å². The normalized spacial score (nSPS) is 25.4. The van der Waals surface area contributed by atoms with Crippen molar-refractivity contribution in [2.45, 2.75) is 69.9 Å². The van der Waals surface area contributed by atoms with Crippen molar-refractivity contribution in [3.63, 3.8) is 0 Å². The highest BCUT2D eigenvalue weighted by atomic mass is 35.5. The standard InChI is InChI=1S/C28H34Cl2N2O5S/c1-3-27(17-25(33)34)15-23(18-6-5-7-22(30)14-18)24(31-26(27)35)16-28(19-8-9-19,32-38(36,37)4-2)20-10-12-21(29)13-11-20/h5-7,10-14,19,23-24,32H,3-4,8-9,15-17H2,1-2H3,(H,31,35)(H,33,34)/t23-,24+,27+,28+/m1/s1. The van der Waals surface area contributed by atoms with Crippen LogP contribution >= 0.6 is 23.2 Å². The fourth-order valence-electron chi connectivity index (χ4n) is 5.95. The third kappa shape index (κ3) is 6.03. The zero-order chi connectivity index (χ0) is 27.7. The maximum absolute atomic E-state index is 13.6. The quantitative estimate of drug-likeness (QED) is 0.326. The second-order valence-electron chi connectivity index (χ2n) is 10.6. The van der Waals surface area contributed by atoms with E-state index in [2.05, 4.69) is 10.0 Å². The number of carboxylic acids is 1. The van der Waals surface area contributed by atoms with E-state index in [-0.39, 0.29) is 29.9 Å². The van der Waals surface area contributed by atoms with Crippen LogP contribution in [0.25, 0.3) is 0 Å². The van der Waals surface area contributed by atoms with Crippen LogP contribution in [0.5, 0.6) is 0 Å². The predicted octanol–water partition coefficient (Wildman–Crippen LogP) is 5.47. The fraction of sp³-hybridized carbons (Fsp3) is 0.500. The average molecular weight is 582 g/mol. The Kier molecular flexibility index (Phi) is 8.48. The number of piperidine rings is 1. The molecule has 0 unspecified atom stereocenters. The van der Waals surface area contributed by atoms with Crippen LogP contribution in [-0.4, -0.2) is 37.2 Å². The maximum Gasteiger partial charge on any atom is 0.304 e. The van der Waals surface area contributed by atoms with Crippen molar-refractivity contribution in [1.82, 2.24) is 10.0 Å². The van der Waals surface area contributed by atoms with Gasteiger partial charge >= 0.3 is 5.97 Å². The van der Waals surface area contributed by atoms with Gasteiger partial charge in [-0.3, -0.25) is 9.59 Å². The Morgan fingerprint density at radius 3 is 2.37 bits per heavy atom. The first-order valence-electron chi connectivity index (χ1n) is 13.0. The van der Waals surface area contributed by atoms with Crippen molar-refractivity contribution in [2.75, 3.05) is 5.75 Å². The lowest BCUT2D eigenvalue weighted by atomic mass is 9.65. The van der Waals surface area contributed by atoms with E-state index < -0.39 is 33.0 Å². The molecule has 4 rings (SSSR count). The van der Waals surface area contributed by atoms with Crippen molar-refractivity contribution < 1.29 is 23.1 Å². The van der Waals surface area contributed by atoms with Gasteiger partial charge in [0, 0.05) is 22.0 Å². The second-order valence-corrected chi connectivity index (χ2v) is 13.5. The van der Waals surface area contributed by atoms with Gasteiger partial charge in [0.15, 0.2) is 0 Å². The Morgan fingerprint density at radius 1 is 1.13 bits per heavy atom. The van der Waals surface area contributed by atoms with E-state index in [0.29, 0.717) is 29.3 Å². The number of rotatable bonds is 11. The van der Waals surface area contributed by atoms with Crippen molar-refractivity contribution >= 4 is 45.1 Å². The van der Waals surface area contributed by atoms with E-state index >= 15 is 0 Å². The second kappa shape index (κ2) is 11.2. The maximum atomic E-state index is 13.6. The number of carbonyl (C=O) groups is 2. The first kappa shape index (κ1) is 28.9. The monoisotopic (exact) mass is 580 g/mol. The van der Waals surface area contributed by atoms with E-state index in [1.807, 2.05) is 37.3 Å². The molecule has 1 heterocycles. The van der Waals surface area contributed by atoms with Crippen molar-refractivity contribution in [2.24, 2.45) is 11.3 Å². The fourth-order valence-corrected chi connectivity index (χ4v) is 7.35. The van der Waals surface area contributed by atoms with Crippen LogP contribution < -0.4 is 10.0 Å². The molecule has 1 saturated heterocycles. The summed E-state index contributed by atoms with van der Waals surface area (Å²) < 4.78 is 29.1. The highest BCUT2D eigenvalue weighted by Crippen LogP contribution is 2.52. The molecule has 0 radical (unpaired) electrons. The number of amides is 1. The molecule has 1 amide bonds. The number of halogens is 2. The molecule has 1 aliphatic carbocycles. The largest absolute Gasteiger partial charge is 0.481 e. The van der Waals surface area contributed by atoms with E-state index in [4.69, 9.17) is 23.2 Å². The van der Waals surface area contributed by atoms with E-state index in [0.717, 1.165) is 24.0 Å². The Balaban J connectivity index is 1.83. The highest BCUT2D eigenvalue weighted by molar-refractivity contribution is 7.89. The molecule has 2 aromatic rings. The minimum absolute atomic E-state index is 0.0405.